The number of carbonyl (C=O) groups excluding carboxylic acids is 2. The number of piperidine rings is 1. The molecule has 2 amide bonds. The molecule has 1 aliphatic heterocycles. The standard InChI is InChI=1S/C23H27BrN2O4/c1-16-9-11-26(12-10-16)23(28)17-3-6-19(7-4-17)25-22(27)20-15-18(24)5-8-21(20)30-14-13-29-2/h3-8,15-16H,9-14H2,1-2H3,(H,25,27). The maximum absolute atomic E-state index is 12.8. The number of rotatable bonds is 7. The molecule has 0 bridgehead atoms. The molecule has 1 fully saturated rings. The summed E-state index contributed by atoms with van der Waals surface area (Å²) in [7, 11) is 1.60. The minimum Gasteiger partial charge on any atom is -0.490 e. The largest absolute Gasteiger partial charge is 0.490 e. The summed E-state index contributed by atoms with van der Waals surface area (Å²) in [5.74, 6) is 0.917. The van der Waals surface area contributed by atoms with Crippen molar-refractivity contribution in [1.82, 2.24) is 4.90 Å². The molecule has 1 saturated heterocycles. The first-order valence-corrected chi connectivity index (χ1v) is 10.9. The number of hydrogen-bond acceptors (Lipinski definition) is 4. The number of anilines is 1. The Kier molecular flexibility index (Phi) is 7.87. The summed E-state index contributed by atoms with van der Waals surface area (Å²) in [5, 5.41) is 2.87. The van der Waals surface area contributed by atoms with E-state index in [0.29, 0.717) is 41.7 Å². The molecule has 2 aromatic carbocycles. The van der Waals surface area contributed by atoms with Crippen LogP contribution in [0.25, 0.3) is 0 Å². The fourth-order valence-electron chi connectivity index (χ4n) is 3.33. The zero-order chi connectivity index (χ0) is 21.5. The Morgan fingerprint density at radius 3 is 2.47 bits per heavy atom. The van der Waals surface area contributed by atoms with Gasteiger partial charge in [0.25, 0.3) is 11.8 Å². The number of nitrogens with one attached hydrogen (secondary N) is 1. The normalized spacial score (nSPS) is 14.4. The summed E-state index contributed by atoms with van der Waals surface area (Å²) >= 11 is 3.40. The van der Waals surface area contributed by atoms with Crippen LogP contribution in [0.15, 0.2) is 46.9 Å². The topological polar surface area (TPSA) is 67.9 Å². The van der Waals surface area contributed by atoms with E-state index in [-0.39, 0.29) is 11.8 Å². The molecule has 30 heavy (non-hydrogen) atoms. The lowest BCUT2D eigenvalue weighted by Gasteiger charge is -2.30. The van der Waals surface area contributed by atoms with E-state index in [9.17, 15) is 9.59 Å². The lowest BCUT2D eigenvalue weighted by atomic mass is 9.98. The highest BCUT2D eigenvalue weighted by atomic mass is 79.9. The summed E-state index contributed by atoms with van der Waals surface area (Å²) in [6.07, 6.45) is 2.09. The van der Waals surface area contributed by atoms with Crippen LogP contribution in [0.3, 0.4) is 0 Å². The van der Waals surface area contributed by atoms with Gasteiger partial charge in [-0.15, -0.1) is 0 Å². The zero-order valence-corrected chi connectivity index (χ0v) is 18.9. The van der Waals surface area contributed by atoms with Gasteiger partial charge in [0.1, 0.15) is 12.4 Å². The fourth-order valence-corrected chi connectivity index (χ4v) is 3.69. The Hall–Kier alpha value is -2.38. The van der Waals surface area contributed by atoms with E-state index in [2.05, 4.69) is 28.2 Å². The van der Waals surface area contributed by atoms with E-state index in [0.717, 1.165) is 30.4 Å². The molecule has 1 heterocycles. The van der Waals surface area contributed by atoms with E-state index in [1.807, 2.05) is 11.0 Å². The zero-order valence-electron chi connectivity index (χ0n) is 17.3. The number of methoxy groups -OCH3 is 1. The Balaban J connectivity index is 1.66. The van der Waals surface area contributed by atoms with Gasteiger partial charge in [-0.1, -0.05) is 22.9 Å². The molecule has 0 atom stereocenters. The van der Waals surface area contributed by atoms with Crippen molar-refractivity contribution < 1.29 is 19.1 Å². The second-order valence-corrected chi connectivity index (χ2v) is 8.40. The van der Waals surface area contributed by atoms with Crippen molar-refractivity contribution in [1.29, 1.82) is 0 Å². The molecular formula is C23H27BrN2O4. The fraction of sp³-hybridized carbons (Fsp3) is 0.391. The highest BCUT2D eigenvalue weighted by molar-refractivity contribution is 9.10. The number of halogens is 1. The molecule has 0 aliphatic carbocycles. The molecule has 0 unspecified atom stereocenters. The Bertz CT molecular complexity index is 877. The maximum atomic E-state index is 12.8. The van der Waals surface area contributed by atoms with Crippen molar-refractivity contribution in [2.24, 2.45) is 5.92 Å². The predicted octanol–water partition coefficient (Wildman–Crippen LogP) is 4.60. The van der Waals surface area contributed by atoms with Gasteiger partial charge in [0.2, 0.25) is 0 Å². The van der Waals surface area contributed by atoms with Crippen LogP contribution in [0.5, 0.6) is 5.75 Å². The highest BCUT2D eigenvalue weighted by Crippen LogP contribution is 2.25. The molecule has 0 aromatic heterocycles. The first-order valence-electron chi connectivity index (χ1n) is 10.1. The van der Waals surface area contributed by atoms with Gasteiger partial charge in [-0.25, -0.2) is 0 Å². The van der Waals surface area contributed by atoms with E-state index in [4.69, 9.17) is 9.47 Å². The van der Waals surface area contributed by atoms with E-state index >= 15 is 0 Å². The SMILES string of the molecule is COCCOc1ccc(Br)cc1C(=O)Nc1ccc(C(=O)N2CCC(C)CC2)cc1. The number of hydrogen-bond donors (Lipinski definition) is 1. The molecule has 7 heteroatoms. The van der Waals surface area contributed by atoms with E-state index in [1.54, 1.807) is 43.5 Å². The summed E-state index contributed by atoms with van der Waals surface area (Å²) < 4.78 is 11.4. The number of nitrogens with zero attached hydrogens (tertiary/aromatic N) is 1. The van der Waals surface area contributed by atoms with Gasteiger partial charge in [0.15, 0.2) is 0 Å². The van der Waals surface area contributed by atoms with Crippen LogP contribution in [-0.4, -0.2) is 50.1 Å². The Morgan fingerprint density at radius 1 is 1.10 bits per heavy atom. The summed E-state index contributed by atoms with van der Waals surface area (Å²) in [4.78, 5) is 27.4. The van der Waals surface area contributed by atoms with Gasteiger partial charge in [0.05, 0.1) is 12.2 Å². The summed E-state index contributed by atoms with van der Waals surface area (Å²) in [6, 6.07) is 12.3. The number of likely N-dealkylation sites (tertiary alicyclic amines) is 1. The van der Waals surface area contributed by atoms with Crippen molar-refractivity contribution in [3.63, 3.8) is 0 Å². The molecule has 160 valence electrons. The van der Waals surface area contributed by atoms with Gasteiger partial charge < -0.3 is 19.7 Å². The molecule has 0 spiro atoms. The van der Waals surface area contributed by atoms with Crippen LogP contribution < -0.4 is 10.1 Å². The van der Waals surface area contributed by atoms with Gasteiger partial charge in [0, 0.05) is 35.9 Å². The second-order valence-electron chi connectivity index (χ2n) is 7.49. The van der Waals surface area contributed by atoms with Gasteiger partial charge in [-0.2, -0.15) is 0 Å². The van der Waals surface area contributed by atoms with Crippen LogP contribution in [-0.2, 0) is 4.74 Å². The van der Waals surface area contributed by atoms with Crippen LogP contribution in [0, 0.1) is 5.92 Å². The quantitative estimate of drug-likeness (QED) is 0.595. The maximum Gasteiger partial charge on any atom is 0.259 e. The first kappa shape index (κ1) is 22.3. The average molecular weight is 475 g/mol. The first-order chi connectivity index (χ1) is 14.5. The second kappa shape index (κ2) is 10.6. The molecule has 2 aromatic rings. The van der Waals surface area contributed by atoms with Gasteiger partial charge >= 0.3 is 0 Å². The lowest BCUT2D eigenvalue weighted by Crippen LogP contribution is -2.37. The molecule has 0 saturated carbocycles. The smallest absolute Gasteiger partial charge is 0.259 e. The molecule has 0 radical (unpaired) electrons. The number of ether oxygens (including phenoxy) is 2. The van der Waals surface area contributed by atoms with Gasteiger partial charge in [-0.05, 0) is 61.2 Å². The lowest BCUT2D eigenvalue weighted by molar-refractivity contribution is 0.0697. The third kappa shape index (κ3) is 5.83. The van der Waals surface area contributed by atoms with Crippen molar-refractivity contribution in [3.8, 4) is 5.75 Å². The minimum absolute atomic E-state index is 0.0422. The Morgan fingerprint density at radius 2 is 1.80 bits per heavy atom. The minimum atomic E-state index is -0.284. The monoisotopic (exact) mass is 474 g/mol. The predicted molar refractivity (Wildman–Crippen MR) is 120 cm³/mol. The van der Waals surface area contributed by atoms with Crippen molar-refractivity contribution in [3.05, 3.63) is 58.1 Å². The third-order valence-corrected chi connectivity index (χ3v) is 5.69. The third-order valence-electron chi connectivity index (χ3n) is 5.19. The van der Waals surface area contributed by atoms with Crippen LogP contribution in [0.4, 0.5) is 5.69 Å². The number of amides is 2. The molecule has 1 N–H and O–H groups in total. The number of benzene rings is 2. The Labute approximate surface area is 185 Å². The van der Waals surface area contributed by atoms with Gasteiger partial charge in [-0.3, -0.25) is 9.59 Å². The summed E-state index contributed by atoms with van der Waals surface area (Å²) in [5.41, 5.74) is 1.67. The van der Waals surface area contributed by atoms with Crippen molar-refractivity contribution in [2.45, 2.75) is 19.8 Å². The van der Waals surface area contributed by atoms with Crippen LogP contribution >= 0.6 is 15.9 Å². The molecule has 3 rings (SSSR count). The van der Waals surface area contributed by atoms with Crippen molar-refractivity contribution >= 4 is 33.4 Å². The molecule has 6 nitrogen and oxygen atoms in total. The summed E-state index contributed by atoms with van der Waals surface area (Å²) in [6.45, 7) is 4.60. The van der Waals surface area contributed by atoms with Crippen LogP contribution in [0.2, 0.25) is 0 Å². The molecular weight excluding hydrogens is 448 g/mol. The average Bonchev–Trinajstić information content (AvgIpc) is 2.75. The van der Waals surface area contributed by atoms with Crippen LogP contribution in [0.1, 0.15) is 40.5 Å². The van der Waals surface area contributed by atoms with E-state index in [1.165, 1.54) is 0 Å². The van der Waals surface area contributed by atoms with Crippen molar-refractivity contribution in [2.75, 3.05) is 38.7 Å². The van der Waals surface area contributed by atoms with E-state index < -0.39 is 0 Å². The highest BCUT2D eigenvalue weighted by Gasteiger charge is 2.21. The number of carbonyl (C=O) groups is 2. The molecule has 1 aliphatic rings.